The quantitative estimate of drug-likeness (QED) is 0.751. The number of sulfonamides is 1. The van der Waals surface area contributed by atoms with Gasteiger partial charge in [0.2, 0.25) is 10.0 Å². The van der Waals surface area contributed by atoms with Crippen LogP contribution in [0, 0.1) is 0 Å². The van der Waals surface area contributed by atoms with E-state index in [-0.39, 0.29) is 11.7 Å². The Morgan fingerprint density at radius 1 is 1.24 bits per heavy atom. The van der Waals surface area contributed by atoms with E-state index >= 15 is 0 Å². The number of aromatic amines is 1. The maximum absolute atomic E-state index is 12.5. The van der Waals surface area contributed by atoms with Gasteiger partial charge in [-0.25, -0.2) is 8.42 Å². The van der Waals surface area contributed by atoms with E-state index < -0.39 is 10.0 Å². The number of hydrogen-bond donors (Lipinski definition) is 3. The molecule has 0 aliphatic carbocycles. The molecular weight excluding hydrogens is 342 g/mol. The first-order valence-corrected chi connectivity index (χ1v) is 9.84. The molecule has 2 aliphatic rings. The molecule has 0 spiro atoms. The van der Waals surface area contributed by atoms with Crippen molar-refractivity contribution in [3.63, 3.8) is 0 Å². The molecule has 2 aromatic rings. The molecule has 0 bridgehead atoms. The molecule has 3 N–H and O–H groups in total. The minimum atomic E-state index is -3.20. The molecule has 1 aromatic heterocycles. The zero-order valence-corrected chi connectivity index (χ0v) is 14.4. The van der Waals surface area contributed by atoms with Crippen molar-refractivity contribution in [2.75, 3.05) is 28.5 Å². The van der Waals surface area contributed by atoms with E-state index in [2.05, 4.69) is 20.8 Å². The van der Waals surface area contributed by atoms with E-state index in [9.17, 15) is 13.2 Å². The van der Waals surface area contributed by atoms with E-state index in [1.165, 1.54) is 4.31 Å². The third kappa shape index (κ3) is 3.00. The summed E-state index contributed by atoms with van der Waals surface area (Å²) in [5, 5.41) is 13.1. The van der Waals surface area contributed by atoms with Gasteiger partial charge in [0.1, 0.15) is 0 Å². The molecule has 25 heavy (non-hydrogen) atoms. The normalized spacial score (nSPS) is 18.8. The van der Waals surface area contributed by atoms with Crippen LogP contribution in [0.2, 0.25) is 0 Å². The van der Waals surface area contributed by atoms with Gasteiger partial charge in [-0.1, -0.05) is 0 Å². The van der Waals surface area contributed by atoms with E-state index in [1.807, 2.05) is 0 Å². The molecule has 1 aromatic carbocycles. The molecular formula is C16H19N5O3S. The van der Waals surface area contributed by atoms with Crippen LogP contribution in [0.1, 0.15) is 28.2 Å². The SMILES string of the molecule is O=C(Nc1ccc(N2CCCS2(=O)=O)cc1)c1n[nH]c2c1CNCC2. The molecule has 1 amide bonds. The highest BCUT2D eigenvalue weighted by molar-refractivity contribution is 7.93. The van der Waals surface area contributed by atoms with Crippen molar-refractivity contribution >= 4 is 27.3 Å². The highest BCUT2D eigenvalue weighted by Crippen LogP contribution is 2.25. The summed E-state index contributed by atoms with van der Waals surface area (Å²) in [6, 6.07) is 6.83. The Kier molecular flexibility index (Phi) is 3.97. The van der Waals surface area contributed by atoms with Crippen LogP contribution in [0.25, 0.3) is 0 Å². The van der Waals surface area contributed by atoms with Crippen molar-refractivity contribution < 1.29 is 13.2 Å². The average molecular weight is 361 g/mol. The second kappa shape index (κ2) is 6.16. The Bertz CT molecular complexity index is 904. The minimum absolute atomic E-state index is 0.184. The Balaban J connectivity index is 1.50. The van der Waals surface area contributed by atoms with Gasteiger partial charge in [-0.2, -0.15) is 5.10 Å². The average Bonchev–Trinajstić information content (AvgIpc) is 3.18. The van der Waals surface area contributed by atoms with Gasteiger partial charge in [0.25, 0.3) is 5.91 Å². The van der Waals surface area contributed by atoms with Crippen molar-refractivity contribution in [2.24, 2.45) is 0 Å². The number of benzene rings is 1. The van der Waals surface area contributed by atoms with Gasteiger partial charge >= 0.3 is 0 Å². The zero-order chi connectivity index (χ0) is 17.4. The Labute approximate surface area is 145 Å². The second-order valence-electron chi connectivity index (χ2n) is 6.20. The third-order valence-electron chi connectivity index (χ3n) is 4.53. The van der Waals surface area contributed by atoms with Crippen molar-refractivity contribution in [3.8, 4) is 0 Å². The van der Waals surface area contributed by atoms with E-state index in [1.54, 1.807) is 24.3 Å². The van der Waals surface area contributed by atoms with Crippen LogP contribution >= 0.6 is 0 Å². The number of H-pyrrole nitrogens is 1. The molecule has 0 unspecified atom stereocenters. The number of rotatable bonds is 3. The largest absolute Gasteiger partial charge is 0.321 e. The van der Waals surface area contributed by atoms with Crippen LogP contribution in [0.3, 0.4) is 0 Å². The number of carbonyl (C=O) groups excluding carboxylic acids is 1. The summed E-state index contributed by atoms with van der Waals surface area (Å²) < 4.78 is 25.3. The molecule has 8 nitrogen and oxygen atoms in total. The molecule has 2 aliphatic heterocycles. The number of nitrogens with zero attached hydrogens (tertiary/aromatic N) is 2. The summed E-state index contributed by atoms with van der Waals surface area (Å²) >= 11 is 0. The van der Waals surface area contributed by atoms with Crippen molar-refractivity contribution in [1.82, 2.24) is 15.5 Å². The highest BCUT2D eigenvalue weighted by atomic mass is 32.2. The Morgan fingerprint density at radius 2 is 2.04 bits per heavy atom. The lowest BCUT2D eigenvalue weighted by molar-refractivity contribution is 0.102. The molecule has 4 rings (SSSR count). The lowest BCUT2D eigenvalue weighted by atomic mass is 10.1. The van der Waals surface area contributed by atoms with Crippen LogP contribution in [-0.2, 0) is 23.0 Å². The molecule has 0 radical (unpaired) electrons. The molecule has 1 fully saturated rings. The lowest BCUT2D eigenvalue weighted by Crippen LogP contribution is -2.25. The van der Waals surface area contributed by atoms with Gasteiger partial charge in [-0.05, 0) is 30.7 Å². The van der Waals surface area contributed by atoms with Gasteiger partial charge in [-0.15, -0.1) is 0 Å². The zero-order valence-electron chi connectivity index (χ0n) is 13.6. The summed E-state index contributed by atoms with van der Waals surface area (Å²) in [4.78, 5) is 12.5. The predicted molar refractivity (Wildman–Crippen MR) is 94.1 cm³/mol. The van der Waals surface area contributed by atoms with Crippen molar-refractivity contribution in [3.05, 3.63) is 41.2 Å². The first-order chi connectivity index (χ1) is 12.0. The summed E-state index contributed by atoms with van der Waals surface area (Å²) in [5.41, 5.74) is 3.53. The molecule has 3 heterocycles. The van der Waals surface area contributed by atoms with Crippen LogP contribution in [-0.4, -0.2) is 43.4 Å². The topological polar surface area (TPSA) is 107 Å². The van der Waals surface area contributed by atoms with E-state index in [4.69, 9.17) is 0 Å². The number of hydrogen-bond acceptors (Lipinski definition) is 5. The molecule has 132 valence electrons. The summed E-state index contributed by atoms with van der Waals surface area (Å²) in [7, 11) is -3.20. The first-order valence-electron chi connectivity index (χ1n) is 8.23. The van der Waals surface area contributed by atoms with Gasteiger partial charge in [0.15, 0.2) is 5.69 Å². The van der Waals surface area contributed by atoms with Gasteiger partial charge in [-0.3, -0.25) is 14.2 Å². The lowest BCUT2D eigenvalue weighted by Gasteiger charge is -2.17. The number of carbonyl (C=O) groups is 1. The van der Waals surface area contributed by atoms with E-state index in [0.717, 1.165) is 24.2 Å². The van der Waals surface area contributed by atoms with Crippen LogP contribution in [0.15, 0.2) is 24.3 Å². The minimum Gasteiger partial charge on any atom is -0.321 e. The maximum Gasteiger partial charge on any atom is 0.276 e. The smallest absolute Gasteiger partial charge is 0.276 e. The first kappa shape index (κ1) is 16.1. The highest BCUT2D eigenvalue weighted by Gasteiger charge is 2.28. The van der Waals surface area contributed by atoms with Crippen LogP contribution in [0.4, 0.5) is 11.4 Å². The Hall–Kier alpha value is -2.39. The van der Waals surface area contributed by atoms with Crippen molar-refractivity contribution in [1.29, 1.82) is 0 Å². The fraction of sp³-hybridized carbons (Fsp3) is 0.375. The van der Waals surface area contributed by atoms with Gasteiger partial charge in [0.05, 0.1) is 11.4 Å². The number of aromatic nitrogens is 2. The Morgan fingerprint density at radius 3 is 2.76 bits per heavy atom. The maximum atomic E-state index is 12.5. The monoisotopic (exact) mass is 361 g/mol. The fourth-order valence-electron chi connectivity index (χ4n) is 3.24. The molecule has 0 atom stereocenters. The number of amides is 1. The van der Waals surface area contributed by atoms with E-state index in [0.29, 0.717) is 36.6 Å². The van der Waals surface area contributed by atoms with Crippen LogP contribution in [0.5, 0.6) is 0 Å². The van der Waals surface area contributed by atoms with Crippen molar-refractivity contribution in [2.45, 2.75) is 19.4 Å². The standard InChI is InChI=1S/C16H19N5O3S/c22-16(15-13-10-17-7-6-14(13)19-20-15)18-11-2-4-12(5-3-11)21-8-1-9-25(21,23)24/h2-5,17H,1,6-10H2,(H,18,22)(H,19,20). The third-order valence-corrected chi connectivity index (χ3v) is 6.40. The van der Waals surface area contributed by atoms with Gasteiger partial charge in [0, 0.05) is 43.0 Å². The second-order valence-corrected chi connectivity index (χ2v) is 8.21. The number of nitrogens with one attached hydrogen (secondary N) is 3. The summed E-state index contributed by atoms with van der Waals surface area (Å²) in [6.45, 7) is 2.00. The molecule has 9 heteroatoms. The molecule has 1 saturated heterocycles. The summed E-state index contributed by atoms with van der Waals surface area (Å²) in [6.07, 6.45) is 1.47. The van der Waals surface area contributed by atoms with Crippen LogP contribution < -0.4 is 14.9 Å². The number of anilines is 2. The number of fused-ring (bicyclic) bond motifs is 1. The van der Waals surface area contributed by atoms with Gasteiger partial charge < -0.3 is 10.6 Å². The predicted octanol–water partition coefficient (Wildman–Crippen LogP) is 0.848. The molecule has 0 saturated carbocycles. The summed E-state index contributed by atoms with van der Waals surface area (Å²) in [5.74, 6) is -0.0909. The fourth-order valence-corrected chi connectivity index (χ4v) is 4.81.